The van der Waals surface area contributed by atoms with E-state index >= 15 is 0 Å². The number of rotatable bonds is 3. The first-order valence-electron chi connectivity index (χ1n) is 6.65. The van der Waals surface area contributed by atoms with E-state index in [2.05, 4.69) is 28.2 Å². The van der Waals surface area contributed by atoms with Crippen LogP contribution in [0.25, 0.3) is 0 Å². The van der Waals surface area contributed by atoms with Crippen LogP contribution < -0.4 is 5.32 Å². The van der Waals surface area contributed by atoms with Gasteiger partial charge in [-0.2, -0.15) is 13.2 Å². The lowest BCUT2D eigenvalue weighted by atomic mass is 10.0. The third kappa shape index (κ3) is 3.88. The fourth-order valence-corrected chi connectivity index (χ4v) is 2.84. The van der Waals surface area contributed by atoms with Gasteiger partial charge in [0.25, 0.3) is 0 Å². The molecule has 1 N–H and O–H groups in total. The summed E-state index contributed by atoms with van der Waals surface area (Å²) in [5.41, 5.74) is -0.149. The minimum absolute atomic E-state index is 0.0639. The molecule has 1 aliphatic heterocycles. The summed E-state index contributed by atoms with van der Waals surface area (Å²) in [6.45, 7) is 2.70. The molecule has 1 aliphatic rings. The van der Waals surface area contributed by atoms with Crippen LogP contribution in [-0.4, -0.2) is 18.8 Å². The van der Waals surface area contributed by atoms with Crippen LogP contribution in [-0.2, 0) is 10.9 Å². The molecule has 1 fully saturated rings. The number of benzene rings is 1. The first-order chi connectivity index (χ1) is 9.40. The van der Waals surface area contributed by atoms with Gasteiger partial charge in [0.1, 0.15) is 0 Å². The molecule has 2 atom stereocenters. The summed E-state index contributed by atoms with van der Waals surface area (Å²) < 4.78 is 44.2. The van der Waals surface area contributed by atoms with Gasteiger partial charge in [0.15, 0.2) is 0 Å². The first kappa shape index (κ1) is 15.6. The van der Waals surface area contributed by atoms with E-state index in [1.54, 1.807) is 6.07 Å². The van der Waals surface area contributed by atoms with Crippen molar-refractivity contribution in [2.75, 3.05) is 11.9 Å². The van der Waals surface area contributed by atoms with Crippen molar-refractivity contribution in [3.05, 3.63) is 28.2 Å². The van der Waals surface area contributed by atoms with Crippen molar-refractivity contribution >= 4 is 21.6 Å². The molecule has 1 aromatic carbocycles. The van der Waals surface area contributed by atoms with Gasteiger partial charge in [-0.05, 0) is 37.5 Å². The molecule has 0 aliphatic carbocycles. The lowest BCUT2D eigenvalue weighted by Gasteiger charge is -2.30. The molecule has 2 nitrogen and oxygen atoms in total. The molecule has 0 aromatic heterocycles. The van der Waals surface area contributed by atoms with Crippen LogP contribution >= 0.6 is 15.9 Å². The summed E-state index contributed by atoms with van der Waals surface area (Å²) in [6.07, 6.45) is -1.59. The number of nitrogens with one attached hydrogen (secondary N) is 1. The number of anilines is 1. The summed E-state index contributed by atoms with van der Waals surface area (Å²) in [4.78, 5) is 0. The van der Waals surface area contributed by atoms with Crippen molar-refractivity contribution in [2.45, 2.75) is 44.5 Å². The summed E-state index contributed by atoms with van der Waals surface area (Å²) in [5, 5.41) is 3.18. The van der Waals surface area contributed by atoms with Gasteiger partial charge in [-0.15, -0.1) is 0 Å². The molecule has 6 heteroatoms. The fourth-order valence-electron chi connectivity index (χ4n) is 2.36. The van der Waals surface area contributed by atoms with Gasteiger partial charge in [-0.3, -0.25) is 0 Å². The minimum Gasteiger partial charge on any atom is -0.382 e. The molecule has 20 heavy (non-hydrogen) atoms. The summed E-state index contributed by atoms with van der Waals surface area (Å²) in [6, 6.07) is 4.41. The van der Waals surface area contributed by atoms with E-state index in [1.165, 1.54) is 6.07 Å². The lowest BCUT2D eigenvalue weighted by molar-refractivity contribution is -0.138. The Kier molecular flexibility index (Phi) is 4.96. The van der Waals surface area contributed by atoms with E-state index in [1.807, 2.05) is 0 Å². The van der Waals surface area contributed by atoms with Crippen LogP contribution in [0.15, 0.2) is 22.7 Å². The van der Waals surface area contributed by atoms with E-state index < -0.39 is 11.7 Å². The molecule has 0 bridgehead atoms. The number of hydrogen-bond donors (Lipinski definition) is 1. The van der Waals surface area contributed by atoms with Crippen LogP contribution in [0.2, 0.25) is 0 Å². The maximum atomic E-state index is 12.8. The van der Waals surface area contributed by atoms with Gasteiger partial charge in [0, 0.05) is 22.8 Å². The maximum absolute atomic E-state index is 12.8. The minimum atomic E-state index is -4.35. The van der Waals surface area contributed by atoms with Crippen LogP contribution in [0.4, 0.5) is 18.9 Å². The predicted molar refractivity (Wildman–Crippen MR) is 75.8 cm³/mol. The Labute approximate surface area is 124 Å². The second-order valence-corrected chi connectivity index (χ2v) is 5.81. The molecule has 2 unspecified atom stereocenters. The Hall–Kier alpha value is -0.750. The fraction of sp³-hybridized carbons (Fsp3) is 0.571. The molecular formula is C14H17BrF3NO. The number of ether oxygens (including phenoxy) is 1. The van der Waals surface area contributed by atoms with E-state index in [-0.39, 0.29) is 16.6 Å². The Morgan fingerprint density at radius 3 is 2.80 bits per heavy atom. The standard InChI is InChI=1S/C14H17BrF3NO/c1-2-11-7-10(5-6-20-11)19-9-3-4-13(15)12(8-9)14(16,17)18/h3-4,8,10-11,19H,2,5-7H2,1H3. The highest BCUT2D eigenvalue weighted by atomic mass is 79.9. The molecule has 0 spiro atoms. The quantitative estimate of drug-likeness (QED) is 0.841. The average molecular weight is 352 g/mol. The van der Waals surface area contributed by atoms with Crippen molar-refractivity contribution in [3.8, 4) is 0 Å². The van der Waals surface area contributed by atoms with Crippen molar-refractivity contribution in [1.29, 1.82) is 0 Å². The van der Waals surface area contributed by atoms with Gasteiger partial charge in [-0.25, -0.2) is 0 Å². The average Bonchev–Trinajstić information content (AvgIpc) is 2.40. The zero-order valence-corrected chi connectivity index (χ0v) is 12.7. The largest absolute Gasteiger partial charge is 0.417 e. The first-order valence-corrected chi connectivity index (χ1v) is 7.44. The van der Waals surface area contributed by atoms with Crippen molar-refractivity contribution in [1.82, 2.24) is 0 Å². The normalized spacial score (nSPS) is 23.6. The second-order valence-electron chi connectivity index (χ2n) is 4.96. The molecule has 1 saturated heterocycles. The molecule has 1 aromatic rings. The smallest absolute Gasteiger partial charge is 0.382 e. The van der Waals surface area contributed by atoms with Gasteiger partial charge in [0.05, 0.1) is 11.7 Å². The van der Waals surface area contributed by atoms with Crippen LogP contribution in [0, 0.1) is 0 Å². The third-order valence-electron chi connectivity index (χ3n) is 3.47. The van der Waals surface area contributed by atoms with E-state index in [9.17, 15) is 13.2 Å². The molecule has 2 rings (SSSR count). The Balaban J connectivity index is 2.10. The number of halogens is 4. The SMILES string of the molecule is CCC1CC(Nc2ccc(Br)c(C(F)(F)F)c2)CCO1. The van der Waals surface area contributed by atoms with Gasteiger partial charge >= 0.3 is 6.18 Å². The van der Waals surface area contributed by atoms with E-state index in [0.717, 1.165) is 25.3 Å². The highest BCUT2D eigenvalue weighted by molar-refractivity contribution is 9.10. The zero-order chi connectivity index (χ0) is 14.8. The lowest BCUT2D eigenvalue weighted by Crippen LogP contribution is -2.33. The maximum Gasteiger partial charge on any atom is 0.417 e. The van der Waals surface area contributed by atoms with E-state index in [4.69, 9.17) is 4.74 Å². The summed E-state index contributed by atoms with van der Waals surface area (Å²) >= 11 is 2.94. The summed E-state index contributed by atoms with van der Waals surface area (Å²) in [7, 11) is 0. The highest BCUT2D eigenvalue weighted by Crippen LogP contribution is 2.36. The second kappa shape index (κ2) is 6.35. The molecule has 112 valence electrons. The van der Waals surface area contributed by atoms with Crippen molar-refractivity contribution in [2.24, 2.45) is 0 Å². The van der Waals surface area contributed by atoms with Gasteiger partial charge < -0.3 is 10.1 Å². The predicted octanol–water partition coefficient (Wildman–Crippen LogP) is 4.84. The van der Waals surface area contributed by atoms with Crippen LogP contribution in [0.3, 0.4) is 0 Å². The molecule has 0 amide bonds. The Morgan fingerprint density at radius 1 is 1.40 bits per heavy atom. The van der Waals surface area contributed by atoms with E-state index in [0.29, 0.717) is 12.3 Å². The third-order valence-corrected chi connectivity index (χ3v) is 4.16. The topological polar surface area (TPSA) is 21.3 Å². The molecule has 1 heterocycles. The number of alkyl halides is 3. The highest BCUT2D eigenvalue weighted by Gasteiger charge is 2.33. The summed E-state index contributed by atoms with van der Waals surface area (Å²) in [5.74, 6) is 0. The monoisotopic (exact) mass is 351 g/mol. The number of hydrogen-bond acceptors (Lipinski definition) is 2. The Morgan fingerprint density at radius 2 is 2.15 bits per heavy atom. The molecule has 0 saturated carbocycles. The Bertz CT molecular complexity index is 464. The van der Waals surface area contributed by atoms with Gasteiger partial charge in [0.2, 0.25) is 0 Å². The van der Waals surface area contributed by atoms with Gasteiger partial charge in [-0.1, -0.05) is 22.9 Å². The van der Waals surface area contributed by atoms with Crippen LogP contribution in [0.1, 0.15) is 31.7 Å². The van der Waals surface area contributed by atoms with Crippen molar-refractivity contribution < 1.29 is 17.9 Å². The van der Waals surface area contributed by atoms with Crippen molar-refractivity contribution in [3.63, 3.8) is 0 Å². The zero-order valence-electron chi connectivity index (χ0n) is 11.1. The molecule has 0 radical (unpaired) electrons. The molecular weight excluding hydrogens is 335 g/mol. The van der Waals surface area contributed by atoms with Crippen LogP contribution in [0.5, 0.6) is 0 Å².